The number of rotatable bonds is 4. The van der Waals surface area contributed by atoms with E-state index in [1.807, 2.05) is 24.3 Å². The Kier molecular flexibility index (Phi) is 4.24. The molecule has 1 aliphatic rings. The topological polar surface area (TPSA) is 58.4 Å². The maximum atomic E-state index is 6.30. The van der Waals surface area contributed by atoms with Crippen LogP contribution in [-0.2, 0) is 15.9 Å². The maximum absolute atomic E-state index is 6.30. The van der Waals surface area contributed by atoms with Gasteiger partial charge in [0.15, 0.2) is 0 Å². The molecule has 6 nitrogen and oxygen atoms in total. The minimum absolute atomic E-state index is 0.415. The Morgan fingerprint density at radius 1 is 1.04 bits per heavy atom. The zero-order valence-corrected chi connectivity index (χ0v) is 16.4. The van der Waals surface area contributed by atoms with Crippen molar-refractivity contribution in [3.05, 3.63) is 48.3 Å². The van der Waals surface area contributed by atoms with E-state index in [1.165, 1.54) is 11.9 Å². The van der Waals surface area contributed by atoms with Gasteiger partial charge in [-0.15, -0.1) is 0 Å². The number of aromatic nitrogens is 3. The van der Waals surface area contributed by atoms with Crippen LogP contribution in [0.15, 0.2) is 42.7 Å². The first kappa shape index (κ1) is 18.0. The standard InChI is InChI=1S/C20H24BN3O3/c1-19(2)20(3,4)27-21(26-19)16-11-15-17(22-13-23-18(15)25-5)24(16)12-14-9-7-6-8-10-14/h6-11,13H,12H2,1-5H3. The van der Waals surface area contributed by atoms with Crippen LogP contribution >= 0.6 is 0 Å². The summed E-state index contributed by atoms with van der Waals surface area (Å²) < 4.78 is 20.2. The van der Waals surface area contributed by atoms with Crippen molar-refractivity contribution in [3.63, 3.8) is 0 Å². The van der Waals surface area contributed by atoms with Crippen molar-refractivity contribution in [2.24, 2.45) is 0 Å². The van der Waals surface area contributed by atoms with Crippen LogP contribution in [0, 0.1) is 0 Å². The van der Waals surface area contributed by atoms with E-state index < -0.39 is 18.3 Å². The first-order valence-electron chi connectivity index (χ1n) is 9.10. The summed E-state index contributed by atoms with van der Waals surface area (Å²) in [4.78, 5) is 8.75. The number of hydrogen-bond acceptors (Lipinski definition) is 5. The van der Waals surface area contributed by atoms with Gasteiger partial charge in [0.25, 0.3) is 0 Å². The average molecular weight is 365 g/mol. The number of benzene rings is 1. The van der Waals surface area contributed by atoms with Crippen LogP contribution in [0.4, 0.5) is 0 Å². The first-order chi connectivity index (χ1) is 12.8. The molecule has 3 aromatic rings. The Balaban J connectivity index is 1.85. The molecule has 0 atom stereocenters. The van der Waals surface area contributed by atoms with Gasteiger partial charge >= 0.3 is 7.12 Å². The summed E-state index contributed by atoms with van der Waals surface area (Å²) in [5, 5.41) is 0.848. The Labute approximate surface area is 159 Å². The summed E-state index contributed by atoms with van der Waals surface area (Å²) in [5.41, 5.74) is 2.05. The Morgan fingerprint density at radius 2 is 1.70 bits per heavy atom. The van der Waals surface area contributed by atoms with E-state index >= 15 is 0 Å². The van der Waals surface area contributed by atoms with E-state index in [-0.39, 0.29) is 0 Å². The number of ether oxygens (including phenoxy) is 1. The molecule has 7 heteroatoms. The molecule has 0 radical (unpaired) electrons. The number of methoxy groups -OCH3 is 1. The van der Waals surface area contributed by atoms with Crippen molar-refractivity contribution in [2.45, 2.75) is 45.4 Å². The number of nitrogens with zero attached hydrogens (tertiary/aromatic N) is 3. The van der Waals surface area contributed by atoms with Crippen LogP contribution in [-0.4, -0.2) is 40.0 Å². The highest BCUT2D eigenvalue weighted by molar-refractivity contribution is 6.61. The van der Waals surface area contributed by atoms with Crippen molar-refractivity contribution >= 4 is 23.7 Å². The molecule has 0 amide bonds. The van der Waals surface area contributed by atoms with Crippen molar-refractivity contribution in [2.75, 3.05) is 7.11 Å². The second-order valence-corrected chi connectivity index (χ2v) is 7.85. The molecule has 1 saturated heterocycles. The molecule has 27 heavy (non-hydrogen) atoms. The van der Waals surface area contributed by atoms with Gasteiger partial charge in [-0.1, -0.05) is 30.3 Å². The fourth-order valence-corrected chi connectivity index (χ4v) is 3.31. The minimum Gasteiger partial charge on any atom is -0.480 e. The monoisotopic (exact) mass is 365 g/mol. The molecule has 4 rings (SSSR count). The summed E-state index contributed by atoms with van der Waals surface area (Å²) >= 11 is 0. The van der Waals surface area contributed by atoms with E-state index in [0.717, 1.165) is 16.6 Å². The lowest BCUT2D eigenvalue weighted by atomic mass is 9.84. The van der Waals surface area contributed by atoms with Crippen LogP contribution in [0.25, 0.3) is 11.0 Å². The largest absolute Gasteiger partial charge is 0.512 e. The SMILES string of the molecule is COc1ncnc2c1cc(B1OC(C)(C)C(C)(C)O1)n2Cc1ccccc1. The zero-order chi connectivity index (χ0) is 19.2. The third-order valence-corrected chi connectivity index (χ3v) is 5.56. The van der Waals surface area contributed by atoms with Crippen molar-refractivity contribution in [3.8, 4) is 5.88 Å². The van der Waals surface area contributed by atoms with E-state index in [4.69, 9.17) is 14.0 Å². The maximum Gasteiger partial charge on any atom is 0.512 e. The normalized spacial score (nSPS) is 18.2. The predicted molar refractivity (Wildman–Crippen MR) is 105 cm³/mol. The lowest BCUT2D eigenvalue weighted by molar-refractivity contribution is 0.00578. The van der Waals surface area contributed by atoms with Crippen LogP contribution in [0.5, 0.6) is 5.88 Å². The molecule has 0 bridgehead atoms. The van der Waals surface area contributed by atoms with Gasteiger partial charge in [-0.2, -0.15) is 0 Å². The smallest absolute Gasteiger partial charge is 0.480 e. The molecule has 0 spiro atoms. The van der Waals surface area contributed by atoms with Gasteiger partial charge in [-0.3, -0.25) is 0 Å². The van der Waals surface area contributed by atoms with Crippen LogP contribution < -0.4 is 10.3 Å². The summed E-state index contributed by atoms with van der Waals surface area (Å²) in [6, 6.07) is 12.3. The van der Waals surface area contributed by atoms with Crippen LogP contribution in [0.2, 0.25) is 0 Å². The summed E-state index contributed by atoms with van der Waals surface area (Å²) in [7, 11) is 1.13. The van der Waals surface area contributed by atoms with Gasteiger partial charge < -0.3 is 18.6 Å². The van der Waals surface area contributed by atoms with Gasteiger partial charge in [-0.25, -0.2) is 9.97 Å². The molecule has 140 valence electrons. The summed E-state index contributed by atoms with van der Waals surface area (Å²) in [6.45, 7) is 8.87. The van der Waals surface area contributed by atoms with Crippen molar-refractivity contribution in [1.29, 1.82) is 0 Å². The van der Waals surface area contributed by atoms with Gasteiger partial charge in [0.05, 0.1) is 29.3 Å². The molecule has 3 heterocycles. The molecule has 1 fully saturated rings. The Bertz CT molecular complexity index is 953. The lowest BCUT2D eigenvalue weighted by Gasteiger charge is -2.32. The molecule has 2 aromatic heterocycles. The van der Waals surface area contributed by atoms with Gasteiger partial charge in [0.1, 0.15) is 12.0 Å². The fraction of sp³-hybridized carbons (Fsp3) is 0.400. The molecule has 1 aliphatic heterocycles. The highest BCUT2D eigenvalue weighted by Gasteiger charge is 2.53. The molecular formula is C20H24BN3O3. The van der Waals surface area contributed by atoms with Gasteiger partial charge in [0.2, 0.25) is 5.88 Å². The average Bonchev–Trinajstić information content (AvgIpc) is 3.10. The molecule has 0 aliphatic carbocycles. The molecule has 0 N–H and O–H groups in total. The van der Waals surface area contributed by atoms with E-state index in [2.05, 4.69) is 54.4 Å². The first-order valence-corrected chi connectivity index (χ1v) is 9.10. The lowest BCUT2D eigenvalue weighted by Crippen LogP contribution is -2.41. The summed E-state index contributed by atoms with van der Waals surface area (Å²) in [6.07, 6.45) is 1.52. The van der Waals surface area contributed by atoms with Crippen LogP contribution in [0.3, 0.4) is 0 Å². The third kappa shape index (κ3) is 3.01. The van der Waals surface area contributed by atoms with E-state index in [9.17, 15) is 0 Å². The number of hydrogen-bond donors (Lipinski definition) is 0. The molecular weight excluding hydrogens is 341 g/mol. The quantitative estimate of drug-likeness (QED) is 0.666. The van der Waals surface area contributed by atoms with Gasteiger partial charge in [0, 0.05) is 6.54 Å². The van der Waals surface area contributed by atoms with Gasteiger partial charge in [-0.05, 0) is 39.3 Å². The number of fused-ring (bicyclic) bond motifs is 1. The third-order valence-electron chi connectivity index (χ3n) is 5.56. The minimum atomic E-state index is -0.488. The fourth-order valence-electron chi connectivity index (χ4n) is 3.31. The highest BCUT2D eigenvalue weighted by Crippen LogP contribution is 2.37. The Hall–Kier alpha value is -2.38. The Morgan fingerprint density at radius 3 is 2.33 bits per heavy atom. The van der Waals surface area contributed by atoms with Crippen molar-refractivity contribution < 1.29 is 14.0 Å². The molecule has 0 saturated carbocycles. The van der Waals surface area contributed by atoms with Crippen LogP contribution in [0.1, 0.15) is 33.3 Å². The second kappa shape index (κ2) is 6.35. The molecule has 1 aromatic carbocycles. The zero-order valence-electron chi connectivity index (χ0n) is 16.4. The van der Waals surface area contributed by atoms with E-state index in [0.29, 0.717) is 12.4 Å². The highest BCUT2D eigenvalue weighted by atomic mass is 16.7. The van der Waals surface area contributed by atoms with Crippen molar-refractivity contribution in [1.82, 2.24) is 14.5 Å². The predicted octanol–water partition coefficient (Wildman–Crippen LogP) is 2.79. The molecule has 0 unspecified atom stereocenters. The second-order valence-electron chi connectivity index (χ2n) is 7.85. The van der Waals surface area contributed by atoms with E-state index in [1.54, 1.807) is 7.11 Å². The summed E-state index contributed by atoms with van der Waals surface area (Å²) in [5.74, 6) is 0.546.